The number of carbonyl (C=O) groups excluding carboxylic acids is 1. The van der Waals surface area contributed by atoms with Crippen molar-refractivity contribution in [1.82, 2.24) is 5.32 Å². The molecule has 1 aliphatic carbocycles. The van der Waals surface area contributed by atoms with E-state index in [1.807, 2.05) is 13.8 Å². The highest BCUT2D eigenvalue weighted by molar-refractivity contribution is 6.17. The van der Waals surface area contributed by atoms with Crippen LogP contribution in [0.25, 0.3) is 0 Å². The van der Waals surface area contributed by atoms with E-state index in [4.69, 9.17) is 16.7 Å². The average molecular weight is 274 g/mol. The monoisotopic (exact) mass is 273 g/mol. The molecule has 0 aliphatic heterocycles. The number of nitrogens with one attached hydrogen (secondary N) is 1. The Labute approximate surface area is 112 Å². The predicted octanol–water partition coefficient (Wildman–Crippen LogP) is 2.32. The van der Waals surface area contributed by atoms with Crippen LogP contribution in [0.2, 0.25) is 0 Å². The molecule has 1 saturated carbocycles. The fourth-order valence-electron chi connectivity index (χ4n) is 1.71. The van der Waals surface area contributed by atoms with Gasteiger partial charge in [0.2, 0.25) is 0 Å². The van der Waals surface area contributed by atoms with Gasteiger partial charge in [0, 0.05) is 11.9 Å². The summed E-state index contributed by atoms with van der Waals surface area (Å²) < 4.78 is 0. The minimum atomic E-state index is -1.17. The van der Waals surface area contributed by atoms with E-state index in [0.29, 0.717) is 12.3 Å². The van der Waals surface area contributed by atoms with Gasteiger partial charge in [0.1, 0.15) is 5.57 Å². The van der Waals surface area contributed by atoms with Crippen LogP contribution in [-0.2, 0) is 9.59 Å². The topological polar surface area (TPSA) is 66.4 Å². The van der Waals surface area contributed by atoms with Crippen LogP contribution in [-0.4, -0.2) is 28.9 Å². The molecule has 0 heterocycles. The molecule has 1 atom stereocenters. The number of rotatable bonds is 7. The molecule has 5 heteroatoms. The maximum atomic E-state index is 11.8. The van der Waals surface area contributed by atoms with Crippen molar-refractivity contribution in [3.05, 3.63) is 11.6 Å². The molecule has 0 aromatic carbocycles. The van der Waals surface area contributed by atoms with Gasteiger partial charge in [0.05, 0.1) is 0 Å². The summed E-state index contributed by atoms with van der Waals surface area (Å²) in [5.41, 5.74) is -0.0648. The first-order chi connectivity index (χ1) is 8.38. The number of halogens is 1. The summed E-state index contributed by atoms with van der Waals surface area (Å²) in [4.78, 5) is 22.8. The summed E-state index contributed by atoms with van der Waals surface area (Å²) >= 11 is 5.53. The molecular weight excluding hydrogens is 254 g/mol. The van der Waals surface area contributed by atoms with Crippen molar-refractivity contribution in [1.29, 1.82) is 0 Å². The van der Waals surface area contributed by atoms with Gasteiger partial charge < -0.3 is 10.4 Å². The SMILES string of the molecule is CC1(C)C[C@@H]1NC(=O)/C(=C\CCCCCl)C(=O)O. The van der Waals surface area contributed by atoms with E-state index in [1.54, 1.807) is 0 Å². The van der Waals surface area contributed by atoms with Gasteiger partial charge >= 0.3 is 5.97 Å². The highest BCUT2D eigenvalue weighted by Gasteiger charge is 2.47. The molecule has 2 N–H and O–H groups in total. The summed E-state index contributed by atoms with van der Waals surface area (Å²) in [5, 5.41) is 11.8. The van der Waals surface area contributed by atoms with Gasteiger partial charge in [-0.3, -0.25) is 4.79 Å². The fraction of sp³-hybridized carbons (Fsp3) is 0.692. The number of hydrogen-bond donors (Lipinski definition) is 2. The van der Waals surface area contributed by atoms with Gasteiger partial charge in [-0.1, -0.05) is 19.9 Å². The molecule has 0 radical (unpaired) electrons. The molecule has 0 aromatic heterocycles. The number of unbranched alkanes of at least 4 members (excludes halogenated alkanes) is 2. The number of carboxylic acids is 1. The van der Waals surface area contributed by atoms with Crippen molar-refractivity contribution in [2.75, 3.05) is 5.88 Å². The third-order valence-electron chi connectivity index (χ3n) is 3.23. The first-order valence-electron chi connectivity index (χ1n) is 6.19. The maximum absolute atomic E-state index is 11.8. The molecule has 0 spiro atoms. The molecule has 1 aliphatic rings. The molecule has 0 bridgehead atoms. The second kappa shape index (κ2) is 6.23. The Kier molecular flexibility index (Phi) is 5.20. The Morgan fingerprint density at radius 2 is 2.06 bits per heavy atom. The minimum absolute atomic E-state index is 0.0931. The lowest BCUT2D eigenvalue weighted by molar-refractivity contribution is -0.135. The van der Waals surface area contributed by atoms with E-state index in [0.717, 1.165) is 19.3 Å². The van der Waals surface area contributed by atoms with Crippen LogP contribution in [0, 0.1) is 5.41 Å². The Morgan fingerprint density at radius 1 is 1.44 bits per heavy atom. The molecule has 1 rings (SSSR count). The molecule has 1 amide bonds. The fourth-order valence-corrected chi connectivity index (χ4v) is 1.90. The summed E-state index contributed by atoms with van der Waals surface area (Å²) in [6.45, 7) is 4.09. The Morgan fingerprint density at radius 3 is 2.50 bits per heavy atom. The summed E-state index contributed by atoms with van der Waals surface area (Å²) in [6, 6.07) is 0.0931. The molecule has 0 unspecified atom stereocenters. The van der Waals surface area contributed by atoms with Gasteiger partial charge in [0.15, 0.2) is 0 Å². The third kappa shape index (κ3) is 4.33. The van der Waals surface area contributed by atoms with Crippen molar-refractivity contribution < 1.29 is 14.7 Å². The quantitative estimate of drug-likeness (QED) is 0.246. The van der Waals surface area contributed by atoms with Crippen LogP contribution in [0.1, 0.15) is 39.5 Å². The van der Waals surface area contributed by atoms with Crippen LogP contribution in [0.4, 0.5) is 0 Å². The number of alkyl halides is 1. The zero-order valence-electron chi connectivity index (χ0n) is 10.8. The van der Waals surface area contributed by atoms with Gasteiger partial charge in [-0.05, 0) is 31.1 Å². The van der Waals surface area contributed by atoms with Gasteiger partial charge in [-0.2, -0.15) is 0 Å². The number of amides is 1. The zero-order chi connectivity index (χ0) is 13.8. The standard InChI is InChI=1S/C13H20ClNO3/c1-13(2)8-10(13)15-11(16)9(12(17)18)6-4-3-5-7-14/h6,10H,3-5,7-8H2,1-2H3,(H,15,16)(H,17,18)/b9-6+/t10-/m0/s1. The summed E-state index contributed by atoms with van der Waals surface area (Å²) in [7, 11) is 0. The molecule has 1 fully saturated rings. The normalized spacial score (nSPS) is 21.5. The van der Waals surface area contributed by atoms with Crippen LogP contribution in [0.15, 0.2) is 11.6 Å². The van der Waals surface area contributed by atoms with Gasteiger partial charge in [0.25, 0.3) is 5.91 Å². The number of carboxylic acid groups (broad SMARTS) is 1. The van der Waals surface area contributed by atoms with Crippen molar-refractivity contribution in [2.24, 2.45) is 5.41 Å². The van der Waals surface area contributed by atoms with Crippen molar-refractivity contribution >= 4 is 23.5 Å². The first kappa shape index (κ1) is 15.0. The smallest absolute Gasteiger partial charge is 0.340 e. The van der Waals surface area contributed by atoms with Crippen LogP contribution in [0.3, 0.4) is 0 Å². The van der Waals surface area contributed by atoms with Crippen LogP contribution < -0.4 is 5.32 Å². The molecular formula is C13H20ClNO3. The van der Waals surface area contributed by atoms with E-state index in [-0.39, 0.29) is 17.0 Å². The average Bonchev–Trinajstić information content (AvgIpc) is 2.85. The summed E-state index contributed by atoms with van der Waals surface area (Å²) in [5.74, 6) is -1.10. The van der Waals surface area contributed by atoms with Crippen molar-refractivity contribution in [3.8, 4) is 0 Å². The van der Waals surface area contributed by atoms with E-state index in [9.17, 15) is 9.59 Å². The van der Waals surface area contributed by atoms with Gasteiger partial charge in [-0.15, -0.1) is 11.6 Å². The van der Waals surface area contributed by atoms with E-state index in [1.165, 1.54) is 6.08 Å². The Hall–Kier alpha value is -1.03. The lowest BCUT2D eigenvalue weighted by Gasteiger charge is -2.07. The van der Waals surface area contributed by atoms with Crippen molar-refractivity contribution in [2.45, 2.75) is 45.6 Å². The second-order valence-electron chi connectivity index (χ2n) is 5.33. The molecule has 0 saturated heterocycles. The number of hydrogen-bond acceptors (Lipinski definition) is 2. The molecule has 0 aromatic rings. The molecule has 18 heavy (non-hydrogen) atoms. The molecule has 102 valence electrons. The molecule has 4 nitrogen and oxygen atoms in total. The minimum Gasteiger partial charge on any atom is -0.478 e. The second-order valence-corrected chi connectivity index (χ2v) is 5.70. The van der Waals surface area contributed by atoms with E-state index >= 15 is 0 Å². The third-order valence-corrected chi connectivity index (χ3v) is 3.50. The maximum Gasteiger partial charge on any atom is 0.340 e. The predicted molar refractivity (Wildman–Crippen MR) is 70.6 cm³/mol. The van der Waals surface area contributed by atoms with E-state index < -0.39 is 11.9 Å². The van der Waals surface area contributed by atoms with Crippen LogP contribution in [0.5, 0.6) is 0 Å². The lowest BCUT2D eigenvalue weighted by atomic mass is 10.1. The number of allylic oxidation sites excluding steroid dienone is 1. The first-order valence-corrected chi connectivity index (χ1v) is 6.72. The van der Waals surface area contributed by atoms with Crippen molar-refractivity contribution in [3.63, 3.8) is 0 Å². The number of carbonyl (C=O) groups is 2. The number of aliphatic carboxylic acids is 1. The largest absolute Gasteiger partial charge is 0.478 e. The Bertz CT molecular complexity index is 363. The zero-order valence-corrected chi connectivity index (χ0v) is 11.6. The Balaban J connectivity index is 2.51. The van der Waals surface area contributed by atoms with E-state index in [2.05, 4.69) is 5.32 Å². The van der Waals surface area contributed by atoms with Crippen LogP contribution >= 0.6 is 11.6 Å². The summed E-state index contributed by atoms with van der Waals surface area (Å²) in [6.07, 6.45) is 4.57. The highest BCUT2D eigenvalue weighted by Crippen LogP contribution is 2.44. The van der Waals surface area contributed by atoms with Gasteiger partial charge in [-0.25, -0.2) is 4.79 Å². The lowest BCUT2D eigenvalue weighted by Crippen LogP contribution is -2.32. The highest BCUT2D eigenvalue weighted by atomic mass is 35.5.